The molecule has 1 aliphatic heterocycles. The van der Waals surface area contributed by atoms with Crippen LogP contribution >= 0.6 is 0 Å². The zero-order chi connectivity index (χ0) is 16.1. The summed E-state index contributed by atoms with van der Waals surface area (Å²) in [5.74, 6) is -0.759. The third-order valence-electron chi connectivity index (χ3n) is 3.23. The average molecular weight is 305 g/mol. The number of ether oxygens (including phenoxy) is 2. The lowest BCUT2D eigenvalue weighted by Crippen LogP contribution is -2.36. The average Bonchev–Trinajstić information content (AvgIpc) is 2.54. The molecule has 0 spiro atoms. The van der Waals surface area contributed by atoms with Gasteiger partial charge in [0, 0.05) is 19.2 Å². The summed E-state index contributed by atoms with van der Waals surface area (Å²) < 4.78 is 10.1. The van der Waals surface area contributed by atoms with Crippen molar-refractivity contribution in [1.82, 2.24) is 0 Å². The number of nitro groups is 1. The monoisotopic (exact) mass is 305 g/mol. The molecule has 2 rings (SSSR count). The summed E-state index contributed by atoms with van der Waals surface area (Å²) >= 11 is 0. The number of morpholine rings is 1. The number of anilines is 1. The SMILES string of the molecule is C[C@@H](C#N)OC(=O)c1ccc(N2CCOCC2)c([N+](=O)[O-])c1. The van der Waals surface area contributed by atoms with E-state index in [4.69, 9.17) is 14.7 Å². The van der Waals surface area contributed by atoms with Crippen molar-refractivity contribution in [2.75, 3.05) is 31.2 Å². The Bertz CT molecular complexity index is 619. The van der Waals surface area contributed by atoms with Gasteiger partial charge in [0.05, 0.1) is 23.7 Å². The van der Waals surface area contributed by atoms with Gasteiger partial charge in [-0.05, 0) is 19.1 Å². The largest absolute Gasteiger partial charge is 0.444 e. The lowest BCUT2D eigenvalue weighted by atomic mass is 10.1. The van der Waals surface area contributed by atoms with Crippen molar-refractivity contribution in [3.8, 4) is 6.07 Å². The topological polar surface area (TPSA) is 106 Å². The highest BCUT2D eigenvalue weighted by atomic mass is 16.6. The van der Waals surface area contributed by atoms with Crippen molar-refractivity contribution in [2.24, 2.45) is 0 Å². The maximum Gasteiger partial charge on any atom is 0.339 e. The van der Waals surface area contributed by atoms with Gasteiger partial charge in [-0.3, -0.25) is 10.1 Å². The Labute approximate surface area is 127 Å². The molecule has 0 N–H and O–H groups in total. The van der Waals surface area contributed by atoms with E-state index in [2.05, 4.69) is 0 Å². The van der Waals surface area contributed by atoms with Gasteiger partial charge < -0.3 is 14.4 Å². The number of benzene rings is 1. The van der Waals surface area contributed by atoms with Crippen LogP contribution in [0, 0.1) is 21.4 Å². The first-order valence-electron chi connectivity index (χ1n) is 6.74. The van der Waals surface area contributed by atoms with E-state index in [9.17, 15) is 14.9 Å². The molecule has 0 aliphatic carbocycles. The second-order valence-corrected chi connectivity index (χ2v) is 4.74. The fourth-order valence-electron chi connectivity index (χ4n) is 2.12. The summed E-state index contributed by atoms with van der Waals surface area (Å²) in [4.78, 5) is 24.4. The number of nitro benzene ring substituents is 1. The van der Waals surface area contributed by atoms with Crippen LogP contribution in [-0.4, -0.2) is 43.3 Å². The van der Waals surface area contributed by atoms with Crippen LogP contribution in [0.5, 0.6) is 0 Å². The van der Waals surface area contributed by atoms with Gasteiger partial charge in [0.25, 0.3) is 5.69 Å². The molecule has 0 unspecified atom stereocenters. The molecule has 1 heterocycles. The van der Waals surface area contributed by atoms with E-state index in [-0.39, 0.29) is 11.3 Å². The number of nitriles is 1. The molecule has 1 saturated heterocycles. The van der Waals surface area contributed by atoms with E-state index in [1.807, 2.05) is 4.90 Å². The number of hydrogen-bond donors (Lipinski definition) is 0. The Morgan fingerprint density at radius 2 is 2.18 bits per heavy atom. The second-order valence-electron chi connectivity index (χ2n) is 4.74. The van der Waals surface area contributed by atoms with Crippen molar-refractivity contribution in [1.29, 1.82) is 5.26 Å². The summed E-state index contributed by atoms with van der Waals surface area (Å²) in [5, 5.41) is 19.9. The summed E-state index contributed by atoms with van der Waals surface area (Å²) in [6.07, 6.45) is -0.912. The molecule has 0 aromatic heterocycles. The van der Waals surface area contributed by atoms with Crippen molar-refractivity contribution in [3.05, 3.63) is 33.9 Å². The molecule has 1 atom stereocenters. The molecule has 0 bridgehead atoms. The maximum atomic E-state index is 11.8. The van der Waals surface area contributed by atoms with E-state index in [0.717, 1.165) is 0 Å². The minimum Gasteiger partial charge on any atom is -0.444 e. The standard InChI is InChI=1S/C14H15N3O5/c1-10(9-15)22-14(18)11-2-3-12(13(8-11)17(19)20)16-4-6-21-7-5-16/h2-3,8,10H,4-7H2,1H3/t10-/m0/s1. The fraction of sp³-hybridized carbons (Fsp3) is 0.429. The fourth-order valence-corrected chi connectivity index (χ4v) is 2.12. The number of carbonyl (C=O) groups is 1. The molecule has 8 nitrogen and oxygen atoms in total. The van der Waals surface area contributed by atoms with Crippen LogP contribution in [0.25, 0.3) is 0 Å². The number of nitrogens with zero attached hydrogens (tertiary/aromatic N) is 3. The first-order chi connectivity index (χ1) is 10.5. The van der Waals surface area contributed by atoms with Crippen molar-refractivity contribution < 1.29 is 19.2 Å². The Balaban J connectivity index is 2.29. The van der Waals surface area contributed by atoms with Crippen molar-refractivity contribution >= 4 is 17.3 Å². The maximum absolute atomic E-state index is 11.8. The summed E-state index contributed by atoms with van der Waals surface area (Å²) in [6.45, 7) is 3.53. The summed E-state index contributed by atoms with van der Waals surface area (Å²) in [6, 6.07) is 5.93. The highest BCUT2D eigenvalue weighted by molar-refractivity contribution is 5.91. The van der Waals surface area contributed by atoms with Gasteiger partial charge >= 0.3 is 5.97 Å². The lowest BCUT2D eigenvalue weighted by molar-refractivity contribution is -0.384. The minimum atomic E-state index is -0.912. The van der Waals surface area contributed by atoms with Gasteiger partial charge in [-0.2, -0.15) is 5.26 Å². The van der Waals surface area contributed by atoms with Crippen LogP contribution in [0.15, 0.2) is 18.2 Å². The molecule has 0 saturated carbocycles. The summed E-state index contributed by atoms with van der Waals surface area (Å²) in [7, 11) is 0. The van der Waals surface area contributed by atoms with E-state index in [1.165, 1.54) is 25.1 Å². The molecule has 0 amide bonds. The molecule has 1 aliphatic rings. The first-order valence-corrected chi connectivity index (χ1v) is 6.74. The van der Waals surface area contributed by atoms with Crippen LogP contribution in [0.4, 0.5) is 11.4 Å². The molecule has 1 fully saturated rings. The number of rotatable bonds is 4. The zero-order valence-electron chi connectivity index (χ0n) is 12.0. The molecule has 22 heavy (non-hydrogen) atoms. The molecule has 8 heteroatoms. The normalized spacial score (nSPS) is 15.7. The minimum absolute atomic E-state index is 0.0470. The Hall–Kier alpha value is -2.66. The van der Waals surface area contributed by atoms with Crippen LogP contribution in [0.2, 0.25) is 0 Å². The lowest BCUT2D eigenvalue weighted by Gasteiger charge is -2.28. The van der Waals surface area contributed by atoms with Gasteiger partial charge in [0.1, 0.15) is 11.8 Å². The van der Waals surface area contributed by atoms with Crippen LogP contribution < -0.4 is 4.90 Å². The number of hydrogen-bond acceptors (Lipinski definition) is 7. The quantitative estimate of drug-likeness (QED) is 0.471. The van der Waals surface area contributed by atoms with E-state index >= 15 is 0 Å². The van der Waals surface area contributed by atoms with E-state index < -0.39 is 17.0 Å². The highest BCUT2D eigenvalue weighted by Crippen LogP contribution is 2.30. The number of esters is 1. The van der Waals surface area contributed by atoms with Gasteiger partial charge in [0.15, 0.2) is 6.10 Å². The third kappa shape index (κ3) is 3.51. The van der Waals surface area contributed by atoms with E-state index in [1.54, 1.807) is 6.07 Å². The Morgan fingerprint density at radius 1 is 1.50 bits per heavy atom. The molecule has 1 aromatic rings. The van der Waals surface area contributed by atoms with Crippen molar-refractivity contribution in [3.63, 3.8) is 0 Å². The van der Waals surface area contributed by atoms with Gasteiger partial charge in [0.2, 0.25) is 0 Å². The van der Waals surface area contributed by atoms with Crippen LogP contribution in [0.3, 0.4) is 0 Å². The van der Waals surface area contributed by atoms with Crippen LogP contribution in [-0.2, 0) is 9.47 Å². The summed E-state index contributed by atoms with van der Waals surface area (Å²) in [5.41, 5.74) is 0.324. The predicted octanol–water partition coefficient (Wildman–Crippen LogP) is 1.50. The predicted molar refractivity (Wildman–Crippen MR) is 76.6 cm³/mol. The molecule has 0 radical (unpaired) electrons. The smallest absolute Gasteiger partial charge is 0.339 e. The molecular weight excluding hydrogens is 290 g/mol. The number of carbonyl (C=O) groups excluding carboxylic acids is 1. The Morgan fingerprint density at radius 3 is 2.77 bits per heavy atom. The van der Waals surface area contributed by atoms with Crippen LogP contribution in [0.1, 0.15) is 17.3 Å². The molecule has 1 aromatic carbocycles. The highest BCUT2D eigenvalue weighted by Gasteiger charge is 2.24. The third-order valence-corrected chi connectivity index (χ3v) is 3.23. The van der Waals surface area contributed by atoms with E-state index in [0.29, 0.717) is 32.0 Å². The van der Waals surface area contributed by atoms with Crippen molar-refractivity contribution in [2.45, 2.75) is 13.0 Å². The first kappa shape index (κ1) is 15.7. The van der Waals surface area contributed by atoms with Gasteiger partial charge in [-0.1, -0.05) is 0 Å². The van der Waals surface area contributed by atoms with Gasteiger partial charge in [-0.15, -0.1) is 0 Å². The second kappa shape index (κ2) is 6.87. The molecule has 116 valence electrons. The Kier molecular flexibility index (Phi) is 4.91. The van der Waals surface area contributed by atoms with Gasteiger partial charge in [-0.25, -0.2) is 4.79 Å². The zero-order valence-corrected chi connectivity index (χ0v) is 12.0. The molecular formula is C14H15N3O5.